The summed E-state index contributed by atoms with van der Waals surface area (Å²) >= 11 is 0. The van der Waals surface area contributed by atoms with Crippen molar-refractivity contribution in [3.8, 4) is 0 Å². The Labute approximate surface area is 135 Å². The predicted molar refractivity (Wildman–Crippen MR) is 81.6 cm³/mol. The molecule has 1 unspecified atom stereocenters. The smallest absolute Gasteiger partial charge is 0.379 e. The number of carbonyl (C=O) groups excluding carboxylic acids is 4. The normalized spacial score (nSPS) is 15.6. The SMILES string of the molecule is C=C(C)C(=O)CCOC=O.C=CC(=O)C(=O)OCC1CCCO1. The van der Waals surface area contributed by atoms with Crippen molar-refractivity contribution in [3.63, 3.8) is 0 Å². The van der Waals surface area contributed by atoms with Gasteiger partial charge in [0.15, 0.2) is 5.78 Å². The molecule has 0 saturated carbocycles. The highest BCUT2D eigenvalue weighted by molar-refractivity contribution is 6.38. The number of allylic oxidation sites excluding steroid dienone is 1. The zero-order chi connectivity index (χ0) is 17.7. The van der Waals surface area contributed by atoms with E-state index in [2.05, 4.69) is 17.9 Å². The Morgan fingerprint density at radius 2 is 2.04 bits per heavy atom. The summed E-state index contributed by atoms with van der Waals surface area (Å²) in [5, 5.41) is 0. The highest BCUT2D eigenvalue weighted by atomic mass is 16.6. The van der Waals surface area contributed by atoms with Crippen LogP contribution in [-0.4, -0.2) is 49.9 Å². The van der Waals surface area contributed by atoms with Crippen LogP contribution in [0.4, 0.5) is 0 Å². The number of hydrogen-bond acceptors (Lipinski definition) is 7. The fraction of sp³-hybridized carbons (Fsp3) is 0.500. The van der Waals surface area contributed by atoms with Crippen molar-refractivity contribution < 1.29 is 33.4 Å². The lowest BCUT2D eigenvalue weighted by atomic mass is 10.2. The molecular weight excluding hydrogens is 304 g/mol. The van der Waals surface area contributed by atoms with Gasteiger partial charge in [0.2, 0.25) is 0 Å². The Morgan fingerprint density at radius 3 is 2.52 bits per heavy atom. The van der Waals surface area contributed by atoms with Crippen LogP contribution >= 0.6 is 0 Å². The molecule has 1 rings (SSSR count). The maximum Gasteiger partial charge on any atom is 0.379 e. The maximum atomic E-state index is 10.8. The van der Waals surface area contributed by atoms with Crippen LogP contribution < -0.4 is 0 Å². The summed E-state index contributed by atoms with van der Waals surface area (Å²) < 4.78 is 14.2. The zero-order valence-corrected chi connectivity index (χ0v) is 13.2. The molecule has 0 bridgehead atoms. The molecule has 0 aliphatic carbocycles. The van der Waals surface area contributed by atoms with Crippen LogP contribution in [0.3, 0.4) is 0 Å². The molecule has 0 amide bonds. The van der Waals surface area contributed by atoms with Crippen LogP contribution in [0.5, 0.6) is 0 Å². The van der Waals surface area contributed by atoms with Crippen LogP contribution in [0.25, 0.3) is 0 Å². The molecule has 1 aliphatic heterocycles. The van der Waals surface area contributed by atoms with Crippen molar-refractivity contribution in [2.75, 3.05) is 19.8 Å². The van der Waals surface area contributed by atoms with Gasteiger partial charge < -0.3 is 14.2 Å². The molecule has 23 heavy (non-hydrogen) atoms. The highest BCUT2D eigenvalue weighted by Crippen LogP contribution is 2.11. The van der Waals surface area contributed by atoms with Gasteiger partial charge in [-0.05, 0) is 31.4 Å². The Balaban J connectivity index is 0.000000438. The van der Waals surface area contributed by atoms with E-state index < -0.39 is 11.8 Å². The summed E-state index contributed by atoms with van der Waals surface area (Å²) in [5.41, 5.74) is 0.495. The first-order chi connectivity index (χ1) is 10.9. The summed E-state index contributed by atoms with van der Waals surface area (Å²) in [6.45, 7) is 9.59. The number of esters is 1. The lowest BCUT2D eigenvalue weighted by molar-refractivity contribution is -0.154. The van der Waals surface area contributed by atoms with Crippen LogP contribution in [0.1, 0.15) is 26.2 Å². The van der Waals surface area contributed by atoms with Gasteiger partial charge in [0.1, 0.15) is 6.61 Å². The first-order valence-corrected chi connectivity index (χ1v) is 7.11. The van der Waals surface area contributed by atoms with E-state index >= 15 is 0 Å². The fourth-order valence-electron chi connectivity index (χ4n) is 1.51. The quantitative estimate of drug-likeness (QED) is 0.206. The molecule has 7 nitrogen and oxygen atoms in total. The van der Waals surface area contributed by atoms with Gasteiger partial charge in [-0.3, -0.25) is 14.4 Å². The van der Waals surface area contributed by atoms with Crippen molar-refractivity contribution in [2.24, 2.45) is 0 Å². The Kier molecular flexibility index (Phi) is 11.1. The lowest BCUT2D eigenvalue weighted by Crippen LogP contribution is -2.22. The van der Waals surface area contributed by atoms with Gasteiger partial charge in [0, 0.05) is 13.0 Å². The van der Waals surface area contributed by atoms with Crippen molar-refractivity contribution in [2.45, 2.75) is 32.3 Å². The minimum atomic E-state index is -0.856. The van der Waals surface area contributed by atoms with E-state index in [1.807, 2.05) is 0 Å². The molecule has 0 aromatic rings. The Bertz CT molecular complexity index is 447. The number of Topliss-reactive ketones (excluding diaryl/α,β-unsaturated/α-hetero) is 1. The zero-order valence-electron chi connectivity index (χ0n) is 13.2. The Hall–Kier alpha value is -2.28. The summed E-state index contributed by atoms with van der Waals surface area (Å²) in [7, 11) is 0. The monoisotopic (exact) mass is 326 g/mol. The van der Waals surface area contributed by atoms with E-state index in [0.717, 1.165) is 18.9 Å². The molecule has 0 N–H and O–H groups in total. The van der Waals surface area contributed by atoms with Crippen LogP contribution in [0.15, 0.2) is 24.8 Å². The number of hydrogen-bond donors (Lipinski definition) is 0. The van der Waals surface area contributed by atoms with E-state index in [1.54, 1.807) is 6.92 Å². The average molecular weight is 326 g/mol. The van der Waals surface area contributed by atoms with Gasteiger partial charge in [-0.15, -0.1) is 0 Å². The second kappa shape index (κ2) is 12.3. The molecule has 7 heteroatoms. The van der Waals surface area contributed by atoms with E-state index in [1.165, 1.54) is 0 Å². The standard InChI is InChI=1S/C9H12O4.C7H10O3/c1-2-8(10)9(11)13-6-7-4-3-5-12-7;1-6(2)7(9)3-4-10-5-8/h2,7H,1,3-6H2;5H,1,3-4H2,2H3. The third kappa shape index (κ3) is 10.1. The first-order valence-electron chi connectivity index (χ1n) is 7.11. The number of carbonyl (C=O) groups is 4. The third-order valence-electron chi connectivity index (χ3n) is 2.80. The molecule has 128 valence electrons. The van der Waals surface area contributed by atoms with Crippen molar-refractivity contribution in [3.05, 3.63) is 24.8 Å². The number of ketones is 2. The third-order valence-corrected chi connectivity index (χ3v) is 2.80. The van der Waals surface area contributed by atoms with Gasteiger partial charge in [-0.25, -0.2) is 4.79 Å². The van der Waals surface area contributed by atoms with E-state index in [9.17, 15) is 19.2 Å². The molecule has 0 radical (unpaired) electrons. The van der Waals surface area contributed by atoms with Gasteiger partial charge >= 0.3 is 5.97 Å². The molecular formula is C16H22O7. The first kappa shape index (κ1) is 20.7. The molecule has 0 aromatic heterocycles. The molecule has 1 fully saturated rings. The van der Waals surface area contributed by atoms with Crippen LogP contribution in [0, 0.1) is 0 Å². The van der Waals surface area contributed by atoms with Crippen LogP contribution in [0.2, 0.25) is 0 Å². The molecule has 1 atom stereocenters. The molecule has 1 saturated heterocycles. The molecule has 0 spiro atoms. The summed E-state index contributed by atoms with van der Waals surface area (Å²) in [6.07, 6.45) is 3.00. The summed E-state index contributed by atoms with van der Waals surface area (Å²) in [6, 6.07) is 0. The van der Waals surface area contributed by atoms with Crippen molar-refractivity contribution in [1.29, 1.82) is 0 Å². The summed E-state index contributed by atoms with van der Waals surface area (Å²) in [4.78, 5) is 41.8. The van der Waals surface area contributed by atoms with Gasteiger partial charge in [0.25, 0.3) is 12.3 Å². The highest BCUT2D eigenvalue weighted by Gasteiger charge is 2.19. The Morgan fingerprint density at radius 1 is 1.35 bits per heavy atom. The maximum absolute atomic E-state index is 10.8. The van der Waals surface area contributed by atoms with Gasteiger partial charge in [-0.1, -0.05) is 13.2 Å². The molecule has 1 aliphatic rings. The molecule has 0 aromatic carbocycles. The van der Waals surface area contributed by atoms with Gasteiger partial charge in [0.05, 0.1) is 12.7 Å². The predicted octanol–water partition coefficient (Wildman–Crippen LogP) is 1.16. The fourth-order valence-corrected chi connectivity index (χ4v) is 1.51. The lowest BCUT2D eigenvalue weighted by Gasteiger charge is -2.08. The minimum absolute atomic E-state index is 0.0402. The van der Waals surface area contributed by atoms with E-state index in [0.29, 0.717) is 18.7 Å². The van der Waals surface area contributed by atoms with Crippen molar-refractivity contribution >= 4 is 24.0 Å². The van der Waals surface area contributed by atoms with E-state index in [4.69, 9.17) is 9.47 Å². The van der Waals surface area contributed by atoms with E-state index in [-0.39, 0.29) is 31.5 Å². The second-order valence-electron chi connectivity index (χ2n) is 4.72. The second-order valence-corrected chi connectivity index (χ2v) is 4.72. The number of ether oxygens (including phenoxy) is 3. The topological polar surface area (TPSA) is 96.0 Å². The average Bonchev–Trinajstić information content (AvgIpc) is 3.05. The van der Waals surface area contributed by atoms with Crippen molar-refractivity contribution in [1.82, 2.24) is 0 Å². The minimum Gasteiger partial charge on any atom is -0.467 e. The van der Waals surface area contributed by atoms with Gasteiger partial charge in [-0.2, -0.15) is 0 Å². The number of rotatable bonds is 9. The van der Waals surface area contributed by atoms with Crippen LogP contribution in [-0.2, 0) is 33.4 Å². The molecule has 1 heterocycles. The largest absolute Gasteiger partial charge is 0.467 e. The summed E-state index contributed by atoms with van der Waals surface area (Å²) in [5.74, 6) is -1.63.